The van der Waals surface area contributed by atoms with Crippen LogP contribution in [-0.4, -0.2) is 25.2 Å². The van der Waals surface area contributed by atoms with E-state index in [9.17, 15) is 13.2 Å². The van der Waals surface area contributed by atoms with Crippen molar-refractivity contribution >= 4 is 16.0 Å². The highest BCUT2D eigenvalue weighted by Crippen LogP contribution is 1.79. The van der Waals surface area contributed by atoms with Gasteiger partial charge in [-0.15, -0.1) is 0 Å². The number of carbonyl (C=O) groups is 1. The Hall–Kier alpha value is -0.880. The number of carboxylic acid groups (broad SMARTS) is 1. The van der Waals surface area contributed by atoms with Crippen molar-refractivity contribution in [1.82, 2.24) is 0 Å². The summed E-state index contributed by atoms with van der Waals surface area (Å²) in [7, 11) is -3.57. The highest BCUT2D eigenvalue weighted by atomic mass is 32.2. The van der Waals surface area contributed by atoms with Gasteiger partial charge in [0.1, 0.15) is 0 Å². The van der Waals surface area contributed by atoms with Crippen LogP contribution in [0.15, 0.2) is 12.2 Å². The van der Waals surface area contributed by atoms with Gasteiger partial charge in [-0.1, -0.05) is 6.08 Å². The molecular formula is C4H7NO4S. The Morgan fingerprint density at radius 2 is 2.10 bits per heavy atom. The van der Waals surface area contributed by atoms with Crippen molar-refractivity contribution in [3.63, 3.8) is 0 Å². The Kier molecular flexibility index (Phi) is 3.04. The van der Waals surface area contributed by atoms with Crippen LogP contribution in [0.3, 0.4) is 0 Å². The largest absolute Gasteiger partial charge is 0.478 e. The maximum atomic E-state index is 10.1. The van der Waals surface area contributed by atoms with Crippen LogP contribution >= 0.6 is 0 Å². The fourth-order valence-corrected chi connectivity index (χ4v) is 0.648. The SMILES string of the molecule is NS(=O)(=O)C/C=C/C(=O)O. The minimum atomic E-state index is -3.57. The molecule has 0 saturated heterocycles. The van der Waals surface area contributed by atoms with Crippen LogP contribution in [0.25, 0.3) is 0 Å². The molecule has 0 aliphatic heterocycles. The van der Waals surface area contributed by atoms with Gasteiger partial charge in [-0.25, -0.2) is 18.4 Å². The summed E-state index contributed by atoms with van der Waals surface area (Å²) >= 11 is 0. The zero-order valence-electron chi connectivity index (χ0n) is 5.02. The third kappa shape index (κ3) is 7.12. The lowest BCUT2D eigenvalue weighted by atomic mass is 10.5. The first-order chi connectivity index (χ1) is 4.42. The van der Waals surface area contributed by atoms with Crippen molar-refractivity contribution in [2.45, 2.75) is 0 Å². The van der Waals surface area contributed by atoms with Crippen LogP contribution in [0.2, 0.25) is 0 Å². The number of rotatable bonds is 3. The van der Waals surface area contributed by atoms with Gasteiger partial charge >= 0.3 is 5.97 Å². The number of aliphatic carboxylic acids is 1. The lowest BCUT2D eigenvalue weighted by Crippen LogP contribution is -2.14. The Morgan fingerprint density at radius 3 is 2.40 bits per heavy atom. The van der Waals surface area contributed by atoms with Gasteiger partial charge in [-0.3, -0.25) is 0 Å². The van der Waals surface area contributed by atoms with Gasteiger partial charge < -0.3 is 5.11 Å². The van der Waals surface area contributed by atoms with Crippen molar-refractivity contribution in [3.05, 3.63) is 12.2 Å². The number of sulfonamides is 1. The van der Waals surface area contributed by atoms with Crippen molar-refractivity contribution in [3.8, 4) is 0 Å². The lowest BCUT2D eigenvalue weighted by Gasteiger charge is -1.86. The van der Waals surface area contributed by atoms with E-state index in [-0.39, 0.29) is 0 Å². The molecule has 0 aromatic carbocycles. The number of hydrogen-bond donors (Lipinski definition) is 2. The summed E-state index contributed by atoms with van der Waals surface area (Å²) in [5.41, 5.74) is 0. The first-order valence-corrected chi connectivity index (χ1v) is 4.03. The van der Waals surface area contributed by atoms with E-state index in [1.807, 2.05) is 0 Å². The minimum absolute atomic E-state index is 0.445. The smallest absolute Gasteiger partial charge is 0.328 e. The first kappa shape index (κ1) is 9.12. The lowest BCUT2D eigenvalue weighted by molar-refractivity contribution is -0.131. The van der Waals surface area contributed by atoms with Crippen LogP contribution in [0.4, 0.5) is 0 Å². The molecule has 0 unspecified atom stereocenters. The molecule has 0 heterocycles. The second-order valence-corrected chi connectivity index (χ2v) is 3.23. The van der Waals surface area contributed by atoms with E-state index in [0.717, 1.165) is 12.2 Å². The van der Waals surface area contributed by atoms with Gasteiger partial charge in [-0.05, 0) is 0 Å². The molecule has 0 bridgehead atoms. The molecule has 0 aromatic heterocycles. The molecule has 0 aliphatic rings. The summed E-state index contributed by atoms with van der Waals surface area (Å²) in [5.74, 6) is -1.64. The average molecular weight is 165 g/mol. The normalized spacial score (nSPS) is 12.1. The Bertz CT molecular complexity index is 240. The highest BCUT2D eigenvalue weighted by Gasteiger charge is 1.96. The van der Waals surface area contributed by atoms with Crippen molar-refractivity contribution in [1.29, 1.82) is 0 Å². The van der Waals surface area contributed by atoms with E-state index in [0.29, 0.717) is 0 Å². The van der Waals surface area contributed by atoms with Gasteiger partial charge in [0, 0.05) is 6.08 Å². The topological polar surface area (TPSA) is 97.5 Å². The molecule has 6 heteroatoms. The van der Waals surface area contributed by atoms with E-state index in [2.05, 4.69) is 5.14 Å². The molecule has 0 rings (SSSR count). The summed E-state index contributed by atoms with van der Waals surface area (Å²) in [5, 5.41) is 12.5. The second kappa shape index (κ2) is 3.33. The Balaban J connectivity index is 3.88. The van der Waals surface area contributed by atoms with E-state index in [1.54, 1.807) is 0 Å². The van der Waals surface area contributed by atoms with E-state index < -0.39 is 21.7 Å². The summed E-state index contributed by atoms with van der Waals surface area (Å²) in [6.45, 7) is 0. The van der Waals surface area contributed by atoms with E-state index in [1.165, 1.54) is 0 Å². The summed E-state index contributed by atoms with van der Waals surface area (Å²) in [6, 6.07) is 0. The number of carboxylic acids is 1. The number of primary sulfonamides is 1. The number of hydrogen-bond acceptors (Lipinski definition) is 3. The molecule has 0 fully saturated rings. The molecule has 3 N–H and O–H groups in total. The molecule has 0 amide bonds. The van der Waals surface area contributed by atoms with Crippen LogP contribution < -0.4 is 5.14 Å². The minimum Gasteiger partial charge on any atom is -0.478 e. The zero-order chi connectivity index (χ0) is 8.20. The van der Waals surface area contributed by atoms with Crippen molar-refractivity contribution < 1.29 is 18.3 Å². The maximum Gasteiger partial charge on any atom is 0.328 e. The molecule has 0 spiro atoms. The van der Waals surface area contributed by atoms with Gasteiger partial charge in [0.25, 0.3) is 0 Å². The predicted molar refractivity (Wildman–Crippen MR) is 34.7 cm³/mol. The second-order valence-electron chi connectivity index (χ2n) is 1.57. The third-order valence-corrected chi connectivity index (χ3v) is 1.25. The summed E-state index contributed by atoms with van der Waals surface area (Å²) in [6.07, 6.45) is 1.70. The standard InChI is InChI=1S/C4H7NO4S/c5-10(8,9)3-1-2-4(6)7/h1-2H,3H2,(H,6,7)(H2,5,8,9)/b2-1+. The summed E-state index contributed by atoms with van der Waals surface area (Å²) < 4.78 is 20.3. The Labute approximate surface area is 58.2 Å². The predicted octanol–water partition coefficient (Wildman–Crippen LogP) is -1.08. The van der Waals surface area contributed by atoms with Crippen LogP contribution in [-0.2, 0) is 14.8 Å². The molecule has 5 nitrogen and oxygen atoms in total. The molecule has 0 atom stereocenters. The highest BCUT2D eigenvalue weighted by molar-refractivity contribution is 7.89. The maximum absolute atomic E-state index is 10.1. The van der Waals surface area contributed by atoms with E-state index in [4.69, 9.17) is 5.11 Å². The molecule has 0 aliphatic carbocycles. The summed E-state index contributed by atoms with van der Waals surface area (Å²) in [4.78, 5) is 9.76. The zero-order valence-corrected chi connectivity index (χ0v) is 5.84. The molecule has 0 saturated carbocycles. The Morgan fingerprint density at radius 1 is 1.60 bits per heavy atom. The van der Waals surface area contributed by atoms with Crippen molar-refractivity contribution in [2.24, 2.45) is 5.14 Å². The average Bonchev–Trinajstić information content (AvgIpc) is 1.59. The molecule has 0 radical (unpaired) electrons. The monoisotopic (exact) mass is 165 g/mol. The van der Waals surface area contributed by atoms with Crippen LogP contribution in [0.1, 0.15) is 0 Å². The van der Waals surface area contributed by atoms with Gasteiger partial charge in [-0.2, -0.15) is 0 Å². The fraction of sp³-hybridized carbons (Fsp3) is 0.250. The van der Waals surface area contributed by atoms with Gasteiger partial charge in [0.05, 0.1) is 5.75 Å². The third-order valence-electron chi connectivity index (χ3n) is 0.589. The quantitative estimate of drug-likeness (QED) is 0.519. The fourth-order valence-electron chi connectivity index (χ4n) is 0.283. The van der Waals surface area contributed by atoms with E-state index >= 15 is 0 Å². The molecular weight excluding hydrogens is 158 g/mol. The van der Waals surface area contributed by atoms with Crippen LogP contribution in [0.5, 0.6) is 0 Å². The molecule has 0 aromatic rings. The molecule has 10 heavy (non-hydrogen) atoms. The van der Waals surface area contributed by atoms with Crippen LogP contribution in [0, 0.1) is 0 Å². The van der Waals surface area contributed by atoms with Gasteiger partial charge in [0.15, 0.2) is 0 Å². The first-order valence-electron chi connectivity index (χ1n) is 2.32. The number of nitrogens with two attached hydrogens (primary N) is 1. The van der Waals surface area contributed by atoms with Gasteiger partial charge in [0.2, 0.25) is 10.0 Å². The van der Waals surface area contributed by atoms with Crippen molar-refractivity contribution in [2.75, 3.05) is 5.75 Å². The molecule has 58 valence electrons.